The smallest absolute Gasteiger partial charge is 0.208 e. The van der Waals surface area contributed by atoms with Crippen molar-refractivity contribution in [3.8, 4) is 0 Å². The minimum atomic E-state index is -3.18. The zero-order chi connectivity index (χ0) is 18.6. The molecule has 138 valence electrons. The van der Waals surface area contributed by atoms with Gasteiger partial charge < -0.3 is 4.57 Å². The van der Waals surface area contributed by atoms with E-state index in [4.69, 9.17) is 0 Å². The maximum Gasteiger partial charge on any atom is 0.208 e. The van der Waals surface area contributed by atoms with Crippen LogP contribution in [-0.4, -0.2) is 47.5 Å². The fourth-order valence-electron chi connectivity index (χ4n) is 2.18. The van der Waals surface area contributed by atoms with Gasteiger partial charge in [-0.15, -0.1) is 21.5 Å². The molecule has 0 radical (unpaired) electrons. The normalized spacial score (nSPS) is 12.0. The quantitative estimate of drug-likeness (QED) is 0.510. The lowest BCUT2D eigenvalue weighted by Gasteiger charge is -2.05. The van der Waals surface area contributed by atoms with Gasteiger partial charge in [0, 0.05) is 24.4 Å². The minimum absolute atomic E-state index is 0.0337. The van der Waals surface area contributed by atoms with Crippen molar-refractivity contribution in [2.24, 2.45) is 7.05 Å². The number of rotatable bonds is 9. The predicted molar refractivity (Wildman–Crippen MR) is 101 cm³/mol. The van der Waals surface area contributed by atoms with Crippen molar-refractivity contribution in [1.29, 1.82) is 0 Å². The first-order chi connectivity index (χ1) is 11.7. The number of aromatic nitrogens is 3. The van der Waals surface area contributed by atoms with Gasteiger partial charge in [0.25, 0.3) is 0 Å². The van der Waals surface area contributed by atoms with E-state index in [-0.39, 0.29) is 11.7 Å². The Labute approximate surface area is 156 Å². The number of ketones is 1. The molecule has 0 aliphatic heterocycles. The van der Waals surface area contributed by atoms with Gasteiger partial charge in [0.2, 0.25) is 10.0 Å². The highest BCUT2D eigenvalue weighted by molar-refractivity contribution is 7.99. The molecule has 2 rings (SSSR count). The van der Waals surface area contributed by atoms with Crippen molar-refractivity contribution < 1.29 is 13.2 Å². The summed E-state index contributed by atoms with van der Waals surface area (Å²) in [5, 5.41) is 9.01. The second kappa shape index (κ2) is 8.43. The summed E-state index contributed by atoms with van der Waals surface area (Å²) in [5.41, 5.74) is 0. The van der Waals surface area contributed by atoms with Crippen molar-refractivity contribution in [3.05, 3.63) is 27.7 Å². The van der Waals surface area contributed by atoms with Crippen LogP contribution in [-0.2, 0) is 23.5 Å². The second-order valence-electron chi connectivity index (χ2n) is 5.95. The lowest BCUT2D eigenvalue weighted by atomic mass is 10.2. The Kier molecular flexibility index (Phi) is 6.78. The largest absolute Gasteiger partial charge is 0.309 e. The first-order valence-electron chi connectivity index (χ1n) is 7.76. The molecule has 2 aromatic heterocycles. The molecule has 0 fully saturated rings. The van der Waals surface area contributed by atoms with E-state index in [2.05, 4.69) is 28.8 Å². The van der Waals surface area contributed by atoms with Crippen LogP contribution in [0.2, 0.25) is 0 Å². The summed E-state index contributed by atoms with van der Waals surface area (Å²) in [5.74, 6) is 1.51. The van der Waals surface area contributed by atoms with E-state index in [1.807, 2.05) is 17.7 Å². The number of hydrogen-bond acceptors (Lipinski definition) is 7. The molecule has 0 amide bonds. The van der Waals surface area contributed by atoms with Crippen LogP contribution in [0.4, 0.5) is 0 Å². The molecule has 10 heteroatoms. The lowest BCUT2D eigenvalue weighted by Crippen LogP contribution is -2.23. The van der Waals surface area contributed by atoms with Gasteiger partial charge in [0.1, 0.15) is 5.82 Å². The number of carbonyl (C=O) groups is 1. The van der Waals surface area contributed by atoms with Gasteiger partial charge >= 0.3 is 0 Å². The van der Waals surface area contributed by atoms with Gasteiger partial charge in [-0.1, -0.05) is 25.6 Å². The van der Waals surface area contributed by atoms with Crippen LogP contribution in [0, 0.1) is 0 Å². The maximum atomic E-state index is 12.3. The van der Waals surface area contributed by atoms with E-state index in [1.54, 1.807) is 6.07 Å². The zero-order valence-electron chi connectivity index (χ0n) is 14.6. The van der Waals surface area contributed by atoms with E-state index in [9.17, 15) is 13.2 Å². The molecule has 7 nitrogen and oxygen atoms in total. The first-order valence-corrected chi connectivity index (χ1v) is 11.5. The number of nitrogens with zero attached hydrogens (tertiary/aromatic N) is 3. The Morgan fingerprint density at radius 1 is 1.36 bits per heavy atom. The number of sulfonamides is 1. The molecule has 0 saturated carbocycles. The van der Waals surface area contributed by atoms with Crippen LogP contribution in [0.15, 0.2) is 17.3 Å². The van der Waals surface area contributed by atoms with Crippen molar-refractivity contribution in [3.63, 3.8) is 0 Å². The van der Waals surface area contributed by atoms with E-state index in [0.29, 0.717) is 23.6 Å². The lowest BCUT2D eigenvalue weighted by molar-refractivity contribution is 0.102. The zero-order valence-corrected chi connectivity index (χ0v) is 17.1. The van der Waals surface area contributed by atoms with E-state index in [0.717, 1.165) is 22.1 Å². The van der Waals surface area contributed by atoms with Gasteiger partial charge in [-0.2, -0.15) is 0 Å². The topological polar surface area (TPSA) is 94.0 Å². The Balaban J connectivity index is 1.89. The van der Waals surface area contributed by atoms with Gasteiger partial charge in [0.05, 0.1) is 16.9 Å². The van der Waals surface area contributed by atoms with Crippen molar-refractivity contribution in [1.82, 2.24) is 19.5 Å². The molecule has 25 heavy (non-hydrogen) atoms. The van der Waals surface area contributed by atoms with Gasteiger partial charge in [-0.05, 0) is 18.6 Å². The van der Waals surface area contributed by atoms with Gasteiger partial charge in [-0.25, -0.2) is 13.1 Å². The number of Topliss-reactive ketones (excluding diaryl/α,β-unsaturated/α-hetero) is 1. The average Bonchev–Trinajstić information content (AvgIpc) is 3.10. The standard InChI is InChI=1S/C15H22N4O3S3/c1-10(2)14-17-18-15(19(14)3)23-9-12(20)13-6-5-11(24-13)7-8-16-25(4,21)22/h5-6,10,16H,7-9H2,1-4H3. The van der Waals surface area contributed by atoms with E-state index < -0.39 is 10.0 Å². The number of carbonyl (C=O) groups excluding carboxylic acids is 1. The van der Waals surface area contributed by atoms with Gasteiger partial charge in [0.15, 0.2) is 10.9 Å². The first kappa shape index (κ1) is 20.1. The number of thioether (sulfide) groups is 1. The molecule has 0 unspecified atom stereocenters. The fraction of sp³-hybridized carbons (Fsp3) is 0.533. The summed E-state index contributed by atoms with van der Waals surface area (Å²) < 4.78 is 26.5. The molecule has 0 aliphatic rings. The van der Waals surface area contributed by atoms with Crippen LogP contribution in [0.5, 0.6) is 0 Å². The summed E-state index contributed by atoms with van der Waals surface area (Å²) in [6.45, 7) is 4.43. The maximum absolute atomic E-state index is 12.3. The predicted octanol–water partition coefficient (Wildman–Crippen LogP) is 2.07. The molecule has 2 aromatic rings. The van der Waals surface area contributed by atoms with Crippen LogP contribution in [0.3, 0.4) is 0 Å². The Bertz CT molecular complexity index is 840. The molecule has 2 heterocycles. The number of nitrogens with one attached hydrogen (secondary N) is 1. The Morgan fingerprint density at radius 3 is 2.68 bits per heavy atom. The molecule has 0 aliphatic carbocycles. The monoisotopic (exact) mass is 402 g/mol. The number of thiophene rings is 1. The van der Waals surface area contributed by atoms with Crippen LogP contribution < -0.4 is 4.72 Å². The molecule has 0 saturated heterocycles. The highest BCUT2D eigenvalue weighted by Crippen LogP contribution is 2.23. The molecule has 0 spiro atoms. The summed E-state index contributed by atoms with van der Waals surface area (Å²) in [6.07, 6.45) is 1.70. The van der Waals surface area contributed by atoms with E-state index in [1.165, 1.54) is 23.1 Å². The summed E-state index contributed by atoms with van der Waals surface area (Å²) >= 11 is 2.77. The third-order valence-corrected chi connectivity index (χ3v) is 6.32. The van der Waals surface area contributed by atoms with Crippen LogP contribution >= 0.6 is 23.1 Å². The molecular formula is C15H22N4O3S3. The highest BCUT2D eigenvalue weighted by Gasteiger charge is 2.15. The summed E-state index contributed by atoms with van der Waals surface area (Å²) in [7, 11) is -1.28. The summed E-state index contributed by atoms with van der Waals surface area (Å²) in [6, 6.07) is 3.66. The Morgan fingerprint density at radius 2 is 2.08 bits per heavy atom. The molecule has 0 aromatic carbocycles. The second-order valence-corrected chi connectivity index (χ2v) is 9.89. The molecule has 0 bridgehead atoms. The third-order valence-electron chi connectivity index (χ3n) is 3.39. The molecule has 1 N–H and O–H groups in total. The Hall–Kier alpha value is -1.23. The SMILES string of the molecule is CC(C)c1nnc(SCC(=O)c2ccc(CCNS(C)(=O)=O)s2)n1C. The van der Waals surface area contributed by atoms with Crippen LogP contribution in [0.1, 0.15) is 40.1 Å². The van der Waals surface area contributed by atoms with E-state index >= 15 is 0 Å². The highest BCUT2D eigenvalue weighted by atomic mass is 32.2. The molecule has 0 atom stereocenters. The van der Waals surface area contributed by atoms with Crippen LogP contribution in [0.25, 0.3) is 0 Å². The van der Waals surface area contributed by atoms with Crippen molar-refractivity contribution in [2.45, 2.75) is 31.3 Å². The fourth-order valence-corrected chi connectivity index (χ4v) is 4.49. The minimum Gasteiger partial charge on any atom is -0.309 e. The number of hydrogen-bond donors (Lipinski definition) is 1. The average molecular weight is 403 g/mol. The van der Waals surface area contributed by atoms with Crippen molar-refractivity contribution in [2.75, 3.05) is 18.6 Å². The summed E-state index contributed by atoms with van der Waals surface area (Å²) in [4.78, 5) is 14.0. The molecular weight excluding hydrogens is 380 g/mol. The van der Waals surface area contributed by atoms with Crippen molar-refractivity contribution >= 4 is 38.9 Å². The third kappa shape index (κ3) is 5.91. The van der Waals surface area contributed by atoms with Gasteiger partial charge in [-0.3, -0.25) is 4.79 Å².